The van der Waals surface area contributed by atoms with Crippen molar-refractivity contribution in [1.29, 1.82) is 5.26 Å². The van der Waals surface area contributed by atoms with E-state index in [1.807, 2.05) is 54.6 Å². The molecular weight excluding hydrogens is 312 g/mol. The molecule has 3 aromatic carbocycles. The Morgan fingerprint density at radius 2 is 1.56 bits per heavy atom. The minimum Gasteiger partial charge on any atom is -0.436 e. The lowest BCUT2D eigenvalue weighted by Crippen LogP contribution is -2.17. The smallest absolute Gasteiger partial charge is 0.412 e. The third-order valence-corrected chi connectivity index (χ3v) is 4.24. The molecule has 0 aromatic heterocycles. The lowest BCUT2D eigenvalue weighted by Gasteiger charge is -2.15. The van der Waals surface area contributed by atoms with Gasteiger partial charge in [-0.3, -0.25) is 5.32 Å². The van der Waals surface area contributed by atoms with Crippen molar-refractivity contribution in [3.63, 3.8) is 0 Å². The van der Waals surface area contributed by atoms with Gasteiger partial charge in [-0.15, -0.1) is 0 Å². The van der Waals surface area contributed by atoms with Crippen LogP contribution in [0.25, 0.3) is 11.1 Å². The summed E-state index contributed by atoms with van der Waals surface area (Å²) < 4.78 is 5.71. The highest BCUT2D eigenvalue weighted by Crippen LogP contribution is 2.45. The van der Waals surface area contributed by atoms with E-state index >= 15 is 0 Å². The number of ether oxygens (including phenoxy) is 1. The molecule has 25 heavy (non-hydrogen) atoms. The van der Waals surface area contributed by atoms with E-state index in [0.717, 1.165) is 22.3 Å². The Morgan fingerprint density at radius 1 is 0.920 bits per heavy atom. The van der Waals surface area contributed by atoms with Crippen LogP contribution in [-0.2, 0) is 4.74 Å². The summed E-state index contributed by atoms with van der Waals surface area (Å²) in [6.07, 6.45) is -0.988. The van der Waals surface area contributed by atoms with Crippen LogP contribution in [0.4, 0.5) is 10.5 Å². The number of benzene rings is 3. The Hall–Kier alpha value is -3.58. The highest BCUT2D eigenvalue weighted by molar-refractivity contribution is 5.86. The molecule has 0 saturated heterocycles. The molecule has 3 aromatic rings. The maximum absolute atomic E-state index is 12.4. The van der Waals surface area contributed by atoms with Gasteiger partial charge in [0, 0.05) is 16.8 Å². The van der Waals surface area contributed by atoms with E-state index in [-0.39, 0.29) is 0 Å². The van der Waals surface area contributed by atoms with Crippen molar-refractivity contribution in [2.45, 2.75) is 6.10 Å². The Balaban J connectivity index is 1.60. The fraction of sp³-hybridized carbons (Fsp3) is 0.0476. The zero-order valence-electron chi connectivity index (χ0n) is 13.3. The molecule has 1 aliphatic carbocycles. The lowest BCUT2D eigenvalue weighted by atomic mass is 10.1. The van der Waals surface area contributed by atoms with Crippen molar-refractivity contribution in [3.05, 3.63) is 89.5 Å². The van der Waals surface area contributed by atoms with Gasteiger partial charge in [-0.2, -0.15) is 5.26 Å². The van der Waals surface area contributed by atoms with Gasteiger partial charge in [0.25, 0.3) is 0 Å². The van der Waals surface area contributed by atoms with Gasteiger partial charge in [0.2, 0.25) is 0 Å². The summed E-state index contributed by atoms with van der Waals surface area (Å²) in [6, 6.07) is 24.6. The number of nitrogens with one attached hydrogen (secondary N) is 1. The first-order valence-electron chi connectivity index (χ1n) is 7.92. The average molecular weight is 326 g/mol. The molecule has 0 unspecified atom stereocenters. The van der Waals surface area contributed by atoms with E-state index in [1.165, 1.54) is 0 Å². The highest BCUT2D eigenvalue weighted by Gasteiger charge is 2.30. The second-order valence-electron chi connectivity index (χ2n) is 5.78. The summed E-state index contributed by atoms with van der Waals surface area (Å²) in [7, 11) is 0. The number of carbonyl (C=O) groups excluding carboxylic acids is 1. The number of anilines is 1. The molecule has 1 aliphatic rings. The number of hydrogen-bond donors (Lipinski definition) is 1. The summed E-state index contributed by atoms with van der Waals surface area (Å²) in [5, 5.41) is 11.6. The molecule has 1 N–H and O–H groups in total. The first-order chi connectivity index (χ1) is 12.3. The van der Waals surface area contributed by atoms with E-state index < -0.39 is 12.2 Å². The second-order valence-corrected chi connectivity index (χ2v) is 5.78. The number of hydrogen-bond acceptors (Lipinski definition) is 3. The summed E-state index contributed by atoms with van der Waals surface area (Å²) in [5.41, 5.74) is 5.14. The predicted octanol–water partition coefficient (Wildman–Crippen LogP) is 4.88. The van der Waals surface area contributed by atoms with Crippen LogP contribution in [0.5, 0.6) is 0 Å². The van der Waals surface area contributed by atoms with E-state index in [1.54, 1.807) is 24.3 Å². The Morgan fingerprint density at radius 3 is 2.20 bits per heavy atom. The van der Waals surface area contributed by atoms with Gasteiger partial charge in [-0.05, 0) is 29.3 Å². The topological polar surface area (TPSA) is 62.1 Å². The number of nitrogens with zero attached hydrogens (tertiary/aromatic N) is 1. The molecule has 0 atom stereocenters. The molecule has 1 amide bonds. The van der Waals surface area contributed by atoms with Crippen molar-refractivity contribution in [1.82, 2.24) is 0 Å². The van der Waals surface area contributed by atoms with Crippen LogP contribution in [-0.4, -0.2) is 6.09 Å². The summed E-state index contributed by atoms with van der Waals surface area (Å²) in [5.74, 6) is 0. The molecule has 0 saturated carbocycles. The van der Waals surface area contributed by atoms with E-state index in [2.05, 4.69) is 5.32 Å². The molecule has 0 fully saturated rings. The standard InChI is InChI=1S/C21H14N2O2/c22-13-14-6-5-7-15(12-14)23-21(24)25-20-18-10-3-1-8-16(18)17-9-2-4-11-19(17)20/h1-12,20H,(H,23,24). The van der Waals surface area contributed by atoms with Crippen LogP contribution < -0.4 is 5.32 Å². The first kappa shape index (κ1) is 15.0. The van der Waals surface area contributed by atoms with Gasteiger partial charge in [-0.25, -0.2) is 4.79 Å². The fourth-order valence-corrected chi connectivity index (χ4v) is 3.16. The van der Waals surface area contributed by atoms with Crippen molar-refractivity contribution < 1.29 is 9.53 Å². The number of carbonyl (C=O) groups is 1. The van der Waals surface area contributed by atoms with Crippen LogP contribution in [0.3, 0.4) is 0 Å². The van der Waals surface area contributed by atoms with Gasteiger partial charge in [0.05, 0.1) is 11.6 Å². The second kappa shape index (κ2) is 6.14. The van der Waals surface area contributed by atoms with E-state index in [0.29, 0.717) is 11.3 Å². The predicted molar refractivity (Wildman–Crippen MR) is 95.0 cm³/mol. The molecule has 0 aliphatic heterocycles. The molecule has 120 valence electrons. The van der Waals surface area contributed by atoms with E-state index in [9.17, 15) is 4.79 Å². The van der Waals surface area contributed by atoms with Gasteiger partial charge in [0.1, 0.15) is 0 Å². The molecule has 4 nitrogen and oxygen atoms in total. The molecule has 0 heterocycles. The number of fused-ring (bicyclic) bond motifs is 3. The molecular formula is C21H14N2O2. The minimum atomic E-state index is -0.549. The normalized spacial score (nSPS) is 12.0. The largest absolute Gasteiger partial charge is 0.436 e. The van der Waals surface area contributed by atoms with Gasteiger partial charge in [-0.1, -0.05) is 54.6 Å². The number of nitriles is 1. The van der Waals surface area contributed by atoms with Crippen LogP contribution in [0.1, 0.15) is 22.8 Å². The van der Waals surface area contributed by atoms with E-state index in [4.69, 9.17) is 10.00 Å². The first-order valence-corrected chi connectivity index (χ1v) is 7.92. The molecule has 4 rings (SSSR count). The van der Waals surface area contributed by atoms with Gasteiger partial charge < -0.3 is 4.74 Å². The third kappa shape index (κ3) is 2.73. The molecule has 0 bridgehead atoms. The van der Waals surface area contributed by atoms with Gasteiger partial charge >= 0.3 is 6.09 Å². The maximum atomic E-state index is 12.4. The SMILES string of the molecule is N#Cc1cccc(NC(=O)OC2c3ccccc3-c3ccccc32)c1. The van der Waals surface area contributed by atoms with Crippen LogP contribution in [0.15, 0.2) is 72.8 Å². The zero-order valence-corrected chi connectivity index (χ0v) is 13.3. The number of rotatable bonds is 2. The minimum absolute atomic E-state index is 0.438. The maximum Gasteiger partial charge on any atom is 0.412 e. The fourth-order valence-electron chi connectivity index (χ4n) is 3.16. The van der Waals surface area contributed by atoms with Crippen LogP contribution in [0, 0.1) is 11.3 Å². The summed E-state index contributed by atoms with van der Waals surface area (Å²) >= 11 is 0. The van der Waals surface area contributed by atoms with Crippen molar-refractivity contribution in [3.8, 4) is 17.2 Å². The number of amides is 1. The Bertz CT molecular complexity index is 959. The van der Waals surface area contributed by atoms with Crippen LogP contribution >= 0.6 is 0 Å². The zero-order chi connectivity index (χ0) is 17.2. The van der Waals surface area contributed by atoms with Gasteiger partial charge in [0.15, 0.2) is 6.10 Å². The molecule has 0 spiro atoms. The van der Waals surface area contributed by atoms with Crippen LogP contribution in [0.2, 0.25) is 0 Å². The summed E-state index contributed by atoms with van der Waals surface area (Å²) in [4.78, 5) is 12.4. The monoisotopic (exact) mass is 326 g/mol. The third-order valence-electron chi connectivity index (χ3n) is 4.24. The Labute approximate surface area is 145 Å². The lowest BCUT2D eigenvalue weighted by molar-refractivity contribution is 0.133. The average Bonchev–Trinajstić information content (AvgIpc) is 2.96. The van der Waals surface area contributed by atoms with Crippen molar-refractivity contribution in [2.75, 3.05) is 5.32 Å². The molecule has 0 radical (unpaired) electrons. The van der Waals surface area contributed by atoms with Crippen molar-refractivity contribution in [2.24, 2.45) is 0 Å². The van der Waals surface area contributed by atoms with Crippen molar-refractivity contribution >= 4 is 11.8 Å². The highest BCUT2D eigenvalue weighted by atomic mass is 16.6. The summed E-state index contributed by atoms with van der Waals surface area (Å²) in [6.45, 7) is 0. The Kier molecular flexibility index (Phi) is 3.68. The quantitative estimate of drug-likeness (QED) is 0.730. The molecule has 4 heteroatoms.